The second-order valence-corrected chi connectivity index (χ2v) is 8.43. The Morgan fingerprint density at radius 1 is 0.857 bits per heavy atom. The summed E-state index contributed by atoms with van der Waals surface area (Å²) in [5, 5.41) is 25.3. The summed E-state index contributed by atoms with van der Waals surface area (Å²) >= 11 is 0. The number of nitrogens with two attached hydrogens (primary N) is 1. The number of rotatable bonds is 4. The first-order chi connectivity index (χ1) is 12.6. The van der Waals surface area contributed by atoms with Gasteiger partial charge >= 0.3 is 29.6 Å². The quantitative estimate of drug-likeness (QED) is 0.314. The fourth-order valence-electron chi connectivity index (χ4n) is 2.41. The minimum atomic E-state index is -4.48. The number of primary sulfonamides is 1. The molecule has 140 valence electrons. The van der Waals surface area contributed by atoms with Gasteiger partial charge in [-0.05, 0) is 41.8 Å². The molecule has 3 N–H and O–H groups in total. The maximum atomic E-state index is 12.5. The average molecular weight is 429 g/mol. The standard InChI is InChI=1S/C16H13N3O6S2.Na/c17-26(21,22)11-6-4-10(5-7-11)18-19-14-9-8-12-13(16(14)20)2-1-3-15(12)27(23,24)25;/h1-9,20H,(H2,17,21,22)(H,23,24,25);/q;+1/p-1. The third kappa shape index (κ3) is 4.75. The molecule has 9 nitrogen and oxygen atoms in total. The normalized spacial score (nSPS) is 12.2. The SMILES string of the molecule is NS(=O)(=O)c1ccc(N=Nc2ccc3c(S(=O)(=O)O)cccc3c2[O-])cc1.[Na+]. The number of nitrogens with zero attached hydrogens (tertiary/aromatic N) is 2. The van der Waals surface area contributed by atoms with Gasteiger partial charge in [0.05, 0.1) is 16.3 Å². The molecule has 0 radical (unpaired) electrons. The van der Waals surface area contributed by atoms with Gasteiger partial charge in [0.15, 0.2) is 0 Å². The molecule has 12 heteroatoms. The maximum Gasteiger partial charge on any atom is 1.00 e. The Morgan fingerprint density at radius 2 is 1.50 bits per heavy atom. The van der Waals surface area contributed by atoms with Crippen molar-refractivity contribution in [1.82, 2.24) is 0 Å². The zero-order valence-corrected chi connectivity index (χ0v) is 18.1. The molecule has 0 bridgehead atoms. The summed E-state index contributed by atoms with van der Waals surface area (Å²) in [6.07, 6.45) is 0. The summed E-state index contributed by atoms with van der Waals surface area (Å²) in [4.78, 5) is -0.464. The summed E-state index contributed by atoms with van der Waals surface area (Å²) in [7, 11) is -8.31. The summed E-state index contributed by atoms with van der Waals surface area (Å²) in [6, 6.07) is 11.8. The van der Waals surface area contributed by atoms with E-state index in [1.54, 1.807) is 0 Å². The van der Waals surface area contributed by atoms with Crippen molar-refractivity contribution in [3.05, 3.63) is 54.6 Å². The zero-order valence-electron chi connectivity index (χ0n) is 14.5. The number of azo groups is 1. The predicted molar refractivity (Wildman–Crippen MR) is 95.2 cm³/mol. The van der Waals surface area contributed by atoms with E-state index in [1.165, 1.54) is 54.6 Å². The van der Waals surface area contributed by atoms with Crippen molar-refractivity contribution in [1.29, 1.82) is 0 Å². The molecule has 0 saturated carbocycles. The van der Waals surface area contributed by atoms with Crippen LogP contribution in [0.25, 0.3) is 10.8 Å². The molecule has 0 aromatic heterocycles. The Labute approximate surface area is 183 Å². The van der Waals surface area contributed by atoms with Gasteiger partial charge in [0.1, 0.15) is 4.90 Å². The first-order valence-electron chi connectivity index (χ1n) is 7.32. The smallest absolute Gasteiger partial charge is 0.871 e. The Hall–Kier alpha value is -1.86. The second-order valence-electron chi connectivity index (χ2n) is 5.48. The second kappa shape index (κ2) is 8.25. The zero-order chi connectivity index (χ0) is 19.8. The fraction of sp³-hybridized carbons (Fsp3) is 0. The monoisotopic (exact) mass is 429 g/mol. The van der Waals surface area contributed by atoms with Crippen LogP contribution in [0.2, 0.25) is 0 Å². The van der Waals surface area contributed by atoms with Crippen molar-refractivity contribution in [3.63, 3.8) is 0 Å². The predicted octanol–water partition coefficient (Wildman–Crippen LogP) is -0.773. The van der Waals surface area contributed by atoms with Crippen LogP contribution in [0.4, 0.5) is 11.4 Å². The van der Waals surface area contributed by atoms with Gasteiger partial charge in [-0.3, -0.25) is 4.55 Å². The molecule has 0 amide bonds. The Bertz CT molecular complexity index is 1270. The largest absolute Gasteiger partial charge is 1.00 e. The average Bonchev–Trinajstić information content (AvgIpc) is 2.59. The van der Waals surface area contributed by atoms with Gasteiger partial charge < -0.3 is 5.11 Å². The van der Waals surface area contributed by atoms with E-state index in [0.29, 0.717) is 0 Å². The number of hydrogen-bond donors (Lipinski definition) is 2. The number of sulfonamides is 1. The summed E-state index contributed by atoms with van der Waals surface area (Å²) in [5.74, 6) is -0.567. The first kappa shape index (κ1) is 22.4. The molecule has 0 fully saturated rings. The van der Waals surface area contributed by atoms with Crippen molar-refractivity contribution < 1.29 is 56.1 Å². The Balaban J connectivity index is 0.00000280. The van der Waals surface area contributed by atoms with Gasteiger partial charge in [-0.15, -0.1) is 0 Å². The minimum Gasteiger partial charge on any atom is -0.871 e. The molecule has 0 saturated heterocycles. The van der Waals surface area contributed by atoms with Crippen molar-refractivity contribution >= 4 is 42.3 Å². The van der Waals surface area contributed by atoms with Crippen LogP contribution in [-0.4, -0.2) is 21.4 Å². The molecule has 28 heavy (non-hydrogen) atoms. The summed E-state index contributed by atoms with van der Waals surface area (Å²) < 4.78 is 54.5. The van der Waals surface area contributed by atoms with E-state index in [2.05, 4.69) is 10.2 Å². The van der Waals surface area contributed by atoms with Gasteiger partial charge in [-0.25, -0.2) is 13.6 Å². The van der Waals surface area contributed by atoms with Gasteiger partial charge in [-0.1, -0.05) is 23.9 Å². The number of benzene rings is 3. The molecule has 0 spiro atoms. The Kier molecular flexibility index (Phi) is 6.61. The molecule has 0 aliphatic rings. The van der Waals surface area contributed by atoms with E-state index in [-0.39, 0.29) is 61.5 Å². The topological polar surface area (TPSA) is 162 Å². The summed E-state index contributed by atoms with van der Waals surface area (Å²) in [5.41, 5.74) is 0.235. The van der Waals surface area contributed by atoms with Gasteiger partial charge in [0.25, 0.3) is 10.1 Å². The number of fused-ring (bicyclic) bond motifs is 1. The van der Waals surface area contributed by atoms with Crippen molar-refractivity contribution in [2.24, 2.45) is 15.4 Å². The van der Waals surface area contributed by atoms with E-state index in [1.807, 2.05) is 0 Å². The molecule has 0 aliphatic heterocycles. The summed E-state index contributed by atoms with van der Waals surface area (Å²) in [6.45, 7) is 0. The van der Waals surface area contributed by atoms with Crippen molar-refractivity contribution in [2.75, 3.05) is 0 Å². The maximum absolute atomic E-state index is 12.5. The van der Waals surface area contributed by atoms with E-state index >= 15 is 0 Å². The van der Waals surface area contributed by atoms with E-state index in [4.69, 9.17) is 5.14 Å². The number of hydrogen-bond acceptors (Lipinski definition) is 7. The molecule has 0 unspecified atom stereocenters. The molecule has 3 aromatic carbocycles. The molecular formula is C16H12N3NaO6S2. The van der Waals surface area contributed by atoms with Gasteiger partial charge in [0, 0.05) is 5.39 Å². The molecule has 3 aromatic rings. The van der Waals surface area contributed by atoms with Crippen molar-refractivity contribution in [2.45, 2.75) is 9.79 Å². The van der Waals surface area contributed by atoms with Crippen LogP contribution in [-0.2, 0) is 20.1 Å². The van der Waals surface area contributed by atoms with Crippen LogP contribution in [0.15, 0.2) is 74.6 Å². The molecule has 0 heterocycles. The Morgan fingerprint density at radius 3 is 2.07 bits per heavy atom. The fourth-order valence-corrected chi connectivity index (χ4v) is 3.63. The molecular weight excluding hydrogens is 417 g/mol. The van der Waals surface area contributed by atoms with Crippen LogP contribution in [0.3, 0.4) is 0 Å². The van der Waals surface area contributed by atoms with Gasteiger partial charge in [-0.2, -0.15) is 18.6 Å². The third-order valence-electron chi connectivity index (χ3n) is 3.67. The van der Waals surface area contributed by atoms with Crippen LogP contribution in [0.1, 0.15) is 0 Å². The van der Waals surface area contributed by atoms with Crippen LogP contribution in [0, 0.1) is 0 Å². The van der Waals surface area contributed by atoms with E-state index < -0.39 is 25.9 Å². The molecule has 3 rings (SSSR count). The van der Waals surface area contributed by atoms with E-state index in [9.17, 15) is 26.5 Å². The van der Waals surface area contributed by atoms with Crippen LogP contribution in [0.5, 0.6) is 5.75 Å². The molecule has 0 aliphatic carbocycles. The minimum absolute atomic E-state index is 0. The first-order valence-corrected chi connectivity index (χ1v) is 10.3. The van der Waals surface area contributed by atoms with E-state index in [0.717, 1.165) is 0 Å². The van der Waals surface area contributed by atoms with Crippen LogP contribution >= 0.6 is 0 Å². The molecule has 0 atom stereocenters. The van der Waals surface area contributed by atoms with Crippen LogP contribution < -0.4 is 39.8 Å². The van der Waals surface area contributed by atoms with Crippen molar-refractivity contribution in [3.8, 4) is 5.75 Å². The van der Waals surface area contributed by atoms with Gasteiger partial charge in [0.2, 0.25) is 10.0 Å². The third-order valence-corrected chi connectivity index (χ3v) is 5.51.